The molecule has 0 amide bonds. The topological polar surface area (TPSA) is 81.3 Å². The van der Waals surface area contributed by atoms with E-state index in [0.29, 0.717) is 0 Å². The van der Waals surface area contributed by atoms with Gasteiger partial charge in [0.2, 0.25) is 13.9 Å². The molecule has 4 nitrogen and oxygen atoms in total. The third-order valence-corrected chi connectivity index (χ3v) is 0.747. The van der Waals surface area contributed by atoms with E-state index in [9.17, 15) is 4.89 Å². The first-order valence-corrected chi connectivity index (χ1v) is 3.17. The van der Waals surface area contributed by atoms with Crippen LogP contribution in [0.3, 0.4) is 0 Å². The van der Waals surface area contributed by atoms with E-state index in [-0.39, 0.29) is 0 Å². The van der Waals surface area contributed by atoms with Gasteiger partial charge < -0.3 is 15.9 Å². The summed E-state index contributed by atoms with van der Waals surface area (Å²) in [4.78, 5) is 17.9. The van der Waals surface area contributed by atoms with E-state index < -0.39 is 8.00 Å². The zero-order chi connectivity index (χ0) is 6.41. The lowest BCUT2D eigenvalue weighted by Crippen LogP contribution is -2.03. The molecule has 0 bridgehead atoms. The maximum atomic E-state index is 9.83. The van der Waals surface area contributed by atoms with Crippen LogP contribution >= 0.6 is 8.00 Å². The first kappa shape index (κ1) is 7.43. The van der Waals surface area contributed by atoms with Crippen LogP contribution in [-0.2, 0) is 0 Å². The highest BCUT2D eigenvalue weighted by Gasteiger charge is 1.77. The number of hydrogen-bond donors (Lipinski definition) is 3. The third kappa shape index (κ3) is 5.43. The van der Waals surface area contributed by atoms with Gasteiger partial charge in [-0.2, -0.15) is 4.89 Å². The van der Waals surface area contributed by atoms with Crippen LogP contribution in [-0.4, -0.2) is 10.8 Å². The average molecular weight is 134 g/mol. The van der Waals surface area contributed by atoms with Crippen LogP contribution in [0.25, 0.3) is 0 Å². The Labute approximate surface area is 48.2 Å². The van der Waals surface area contributed by atoms with Gasteiger partial charge in [0.05, 0.1) is 0 Å². The van der Waals surface area contributed by atoms with E-state index in [1.807, 2.05) is 0 Å². The van der Waals surface area contributed by atoms with E-state index in [1.165, 1.54) is 12.4 Å². The van der Waals surface area contributed by atoms with Crippen LogP contribution in [0.4, 0.5) is 0 Å². The highest BCUT2D eigenvalue weighted by atomic mass is 31.1. The van der Waals surface area contributed by atoms with Gasteiger partial charge in [-0.15, -0.1) is 0 Å². The minimum absolute atomic E-state index is 1.03. The van der Waals surface area contributed by atoms with E-state index >= 15 is 0 Å². The lowest BCUT2D eigenvalue weighted by atomic mass is 10.9. The van der Waals surface area contributed by atoms with Gasteiger partial charge in [-0.1, -0.05) is 0 Å². The molecule has 1 unspecified atom stereocenters. The van der Waals surface area contributed by atoms with Crippen LogP contribution in [0.2, 0.25) is 0 Å². The van der Waals surface area contributed by atoms with Crippen molar-refractivity contribution in [1.82, 2.24) is 5.32 Å². The van der Waals surface area contributed by atoms with E-state index in [2.05, 4.69) is 5.32 Å². The Bertz CT molecular complexity index is 108. The Morgan fingerprint density at radius 2 is 2.38 bits per heavy atom. The molecule has 8 heavy (non-hydrogen) atoms. The fourth-order valence-electron chi connectivity index (χ4n) is 0.162. The van der Waals surface area contributed by atoms with Crippen molar-refractivity contribution in [3.63, 3.8) is 0 Å². The summed E-state index contributed by atoms with van der Waals surface area (Å²) in [5.74, 6) is 1.03. The zero-order valence-electron chi connectivity index (χ0n) is 4.11. The zero-order valence-corrected chi connectivity index (χ0v) is 5.01. The number of hydrogen-bond acceptors (Lipinski definition) is 3. The normalized spacial score (nSPS) is 12.5. The molecular weight excluding hydrogens is 127 g/mol. The molecule has 0 rings (SSSR count). The Morgan fingerprint density at radius 3 is 2.75 bits per heavy atom. The lowest BCUT2D eigenvalue weighted by molar-refractivity contribution is -0.167. The Morgan fingerprint density at radius 1 is 1.75 bits per heavy atom. The van der Waals surface area contributed by atoms with Crippen molar-refractivity contribution in [3.8, 4) is 0 Å². The summed E-state index contributed by atoms with van der Waals surface area (Å²) in [5, 5.41) is 2.37. The van der Waals surface area contributed by atoms with Crippen molar-refractivity contribution in [2.75, 3.05) is 0 Å². The van der Waals surface area contributed by atoms with Crippen LogP contribution < -0.4 is 15.9 Å². The highest BCUT2D eigenvalue weighted by Crippen LogP contribution is 1.93. The quantitative estimate of drug-likeness (QED) is 0.398. The summed E-state index contributed by atoms with van der Waals surface area (Å²) in [6.07, 6.45) is 2.58. The molecule has 0 saturated heterocycles. The summed E-state index contributed by atoms with van der Waals surface area (Å²) in [6.45, 7) is 0. The molecule has 1 atom stereocenters. The van der Waals surface area contributed by atoms with Crippen LogP contribution in [0.15, 0.2) is 12.4 Å². The third-order valence-electron chi connectivity index (χ3n) is 0.377. The van der Waals surface area contributed by atoms with Crippen LogP contribution in [0.5, 0.6) is 0 Å². The Kier molecular flexibility index (Phi) is 4.26. The molecular formula is C3H7N2O2P. The fourth-order valence-corrected chi connectivity index (χ4v) is 0.376. The summed E-state index contributed by atoms with van der Waals surface area (Å²) < 4.78 is 0. The molecule has 0 aromatic carbocycles. The molecule has 0 spiro atoms. The van der Waals surface area contributed by atoms with Gasteiger partial charge in [0.15, 0.2) is 0 Å². The second-order valence-corrected chi connectivity index (χ2v) is 1.82. The summed E-state index contributed by atoms with van der Waals surface area (Å²) in [7, 11) is -2.20. The van der Waals surface area contributed by atoms with E-state index in [0.717, 1.165) is 5.92 Å². The highest BCUT2D eigenvalue weighted by molar-refractivity contribution is 7.43. The van der Waals surface area contributed by atoms with E-state index in [4.69, 9.17) is 10.6 Å². The maximum Gasteiger partial charge on any atom is 0.235 e. The van der Waals surface area contributed by atoms with Crippen molar-refractivity contribution in [1.29, 1.82) is 0 Å². The molecule has 0 saturated carbocycles. The van der Waals surface area contributed by atoms with Gasteiger partial charge in [-0.3, -0.25) is 0 Å². The van der Waals surface area contributed by atoms with Crippen molar-refractivity contribution in [3.05, 3.63) is 12.4 Å². The monoisotopic (exact) mass is 134 g/mol. The van der Waals surface area contributed by atoms with Crippen molar-refractivity contribution in [2.45, 2.75) is 0 Å². The Balaban J connectivity index is 3.30. The minimum atomic E-state index is -2.20. The maximum absolute atomic E-state index is 9.83. The molecule has 46 valence electrons. The molecule has 0 radical (unpaired) electrons. The molecule has 0 aliphatic rings. The smallest absolute Gasteiger partial charge is 0.235 e. The van der Waals surface area contributed by atoms with Gasteiger partial charge in [0.25, 0.3) is 0 Å². The molecule has 0 aliphatic carbocycles. The molecule has 5 heteroatoms. The standard InChI is InChI=1S/C3H7N2O2P/c4-1-2-5-3-8(6)7/h1-3,5H,4H2,(H,6,7). The second-order valence-electron chi connectivity index (χ2n) is 0.957. The Hall–Kier alpha value is -0.570. The largest absolute Gasteiger partial charge is 0.602 e. The van der Waals surface area contributed by atoms with Crippen LogP contribution in [0.1, 0.15) is 0 Å². The molecule has 0 fully saturated rings. The molecule has 0 aromatic rings. The first-order chi connectivity index (χ1) is 3.77. The molecule has 4 N–H and O–H groups in total. The second kappa shape index (κ2) is 4.59. The number of rotatable bonds is 2. The summed E-state index contributed by atoms with van der Waals surface area (Å²) >= 11 is 0. The predicted molar refractivity (Wildman–Crippen MR) is 31.7 cm³/mol. The molecule has 0 heterocycles. The van der Waals surface area contributed by atoms with Crippen molar-refractivity contribution < 1.29 is 9.79 Å². The number of nitrogens with two attached hydrogens (primary N) is 1. The van der Waals surface area contributed by atoms with Gasteiger partial charge >= 0.3 is 0 Å². The first-order valence-electron chi connectivity index (χ1n) is 1.88. The van der Waals surface area contributed by atoms with Gasteiger partial charge in [0.1, 0.15) is 0 Å². The van der Waals surface area contributed by atoms with Gasteiger partial charge in [0, 0.05) is 12.4 Å². The summed E-state index contributed by atoms with van der Waals surface area (Å²) in [6, 6.07) is 0. The summed E-state index contributed by atoms with van der Waals surface area (Å²) in [5.41, 5.74) is 4.88. The van der Waals surface area contributed by atoms with Gasteiger partial charge in [-0.05, 0) is 0 Å². The van der Waals surface area contributed by atoms with E-state index in [1.54, 1.807) is 0 Å². The lowest BCUT2D eigenvalue weighted by Gasteiger charge is -1.83. The van der Waals surface area contributed by atoms with Crippen molar-refractivity contribution >= 4 is 13.9 Å². The minimum Gasteiger partial charge on any atom is -0.602 e. The molecule has 0 aromatic heterocycles. The van der Waals surface area contributed by atoms with Gasteiger partial charge in [-0.25, -0.2) is 0 Å². The average Bonchev–Trinajstić information content (AvgIpc) is 1.66. The SMILES string of the molecule is NC=CN/C=[P+](\[O-])O. The number of nitrogens with one attached hydrogen (secondary N) is 1. The fraction of sp³-hybridized carbons (Fsp3) is 0. The predicted octanol–water partition coefficient (Wildman–Crippen LogP) is -1.57. The molecule has 0 aliphatic heterocycles. The van der Waals surface area contributed by atoms with Crippen LogP contribution in [0, 0.1) is 0 Å². The van der Waals surface area contributed by atoms with Crippen molar-refractivity contribution in [2.24, 2.45) is 5.73 Å².